The maximum atomic E-state index is 12.6. The molecule has 1 aliphatic rings. The number of nitrogens with zero attached hydrogens (tertiary/aromatic N) is 3. The predicted octanol–water partition coefficient (Wildman–Crippen LogP) is 3.20. The van der Waals surface area contributed by atoms with E-state index in [-0.39, 0.29) is 11.8 Å². The number of amides is 1. The van der Waals surface area contributed by atoms with Crippen molar-refractivity contribution in [2.75, 3.05) is 37.5 Å². The molecule has 1 aliphatic heterocycles. The molecular formula is C22H23ClN4O5. The molecule has 2 N–H and O–H groups in total. The van der Waals surface area contributed by atoms with Crippen LogP contribution in [-0.2, 0) is 6.54 Å². The minimum absolute atomic E-state index is 0.0261. The van der Waals surface area contributed by atoms with E-state index < -0.39 is 12.3 Å². The number of carbonyl (C=O) groups excluding carboxylic acids is 1. The van der Waals surface area contributed by atoms with Crippen molar-refractivity contribution < 1.29 is 23.8 Å². The number of halogens is 1. The van der Waals surface area contributed by atoms with E-state index in [0.717, 1.165) is 5.56 Å². The molecule has 1 amide bonds. The number of rotatable bonds is 7. The van der Waals surface area contributed by atoms with Gasteiger partial charge in [0.05, 0.1) is 20.4 Å². The first kappa shape index (κ1) is 21.9. The molecular weight excluding hydrogens is 436 g/mol. The molecule has 4 rings (SSSR count). The summed E-state index contributed by atoms with van der Waals surface area (Å²) in [6, 6.07) is 12.7. The maximum Gasteiger partial charge on any atom is 0.301 e. The Morgan fingerprint density at radius 2 is 1.94 bits per heavy atom. The van der Waals surface area contributed by atoms with Crippen molar-refractivity contribution in [3.8, 4) is 11.5 Å². The molecule has 1 fully saturated rings. The number of ether oxygens (including phenoxy) is 2. The predicted molar refractivity (Wildman–Crippen MR) is 119 cm³/mol. The van der Waals surface area contributed by atoms with Gasteiger partial charge in [-0.05, 0) is 29.8 Å². The molecule has 0 saturated carbocycles. The zero-order valence-corrected chi connectivity index (χ0v) is 18.4. The average molecular weight is 459 g/mol. The van der Waals surface area contributed by atoms with E-state index in [1.165, 1.54) is 20.4 Å². The molecule has 0 spiro atoms. The Labute approximate surface area is 190 Å². The summed E-state index contributed by atoms with van der Waals surface area (Å²) in [5.41, 5.74) is 1.54. The number of hydrogen-bond acceptors (Lipinski definition) is 8. The SMILES string of the molecule is COc1ccc(NC(=O)c2cnc(N3CCN(Cc4ccc(Cl)cc4)C3O)o2)cc1OC. The molecule has 1 atom stereocenters. The van der Waals surface area contributed by atoms with Crippen molar-refractivity contribution in [3.05, 3.63) is 65.0 Å². The Morgan fingerprint density at radius 3 is 2.66 bits per heavy atom. The number of hydrogen-bond donors (Lipinski definition) is 2. The van der Waals surface area contributed by atoms with Gasteiger partial charge in [0.1, 0.15) is 0 Å². The van der Waals surface area contributed by atoms with Crippen LogP contribution in [0.4, 0.5) is 11.7 Å². The highest BCUT2D eigenvalue weighted by Crippen LogP contribution is 2.30. The molecule has 2 aromatic carbocycles. The summed E-state index contributed by atoms with van der Waals surface area (Å²) in [4.78, 5) is 20.2. The summed E-state index contributed by atoms with van der Waals surface area (Å²) in [6.45, 7) is 1.66. The van der Waals surface area contributed by atoms with E-state index in [2.05, 4.69) is 10.3 Å². The molecule has 0 aliphatic carbocycles. The van der Waals surface area contributed by atoms with Crippen LogP contribution in [0.1, 0.15) is 16.1 Å². The highest BCUT2D eigenvalue weighted by atomic mass is 35.5. The normalized spacial score (nSPS) is 16.2. The van der Waals surface area contributed by atoms with Crippen LogP contribution in [0.2, 0.25) is 5.02 Å². The topological polar surface area (TPSA) is 100 Å². The number of oxazole rings is 1. The average Bonchev–Trinajstić information content (AvgIpc) is 3.42. The van der Waals surface area contributed by atoms with Gasteiger partial charge in [-0.2, -0.15) is 0 Å². The van der Waals surface area contributed by atoms with Crippen molar-refractivity contribution >= 4 is 29.2 Å². The van der Waals surface area contributed by atoms with Crippen LogP contribution in [0, 0.1) is 0 Å². The summed E-state index contributed by atoms with van der Waals surface area (Å²) >= 11 is 5.93. The van der Waals surface area contributed by atoms with E-state index in [1.54, 1.807) is 23.1 Å². The van der Waals surface area contributed by atoms with Gasteiger partial charge in [-0.3, -0.25) is 14.6 Å². The van der Waals surface area contributed by atoms with E-state index in [4.69, 9.17) is 25.5 Å². The Bertz CT molecular complexity index is 1090. The summed E-state index contributed by atoms with van der Waals surface area (Å²) in [7, 11) is 3.05. The minimum Gasteiger partial charge on any atom is -0.493 e. The molecule has 32 heavy (non-hydrogen) atoms. The first-order valence-electron chi connectivity index (χ1n) is 9.91. The number of nitrogens with one attached hydrogen (secondary N) is 1. The molecule has 1 aromatic heterocycles. The van der Waals surface area contributed by atoms with Crippen LogP contribution in [0.25, 0.3) is 0 Å². The summed E-state index contributed by atoms with van der Waals surface area (Å²) in [5, 5.41) is 14.1. The number of aromatic nitrogens is 1. The molecule has 3 aromatic rings. The minimum atomic E-state index is -0.925. The van der Waals surface area contributed by atoms with Gasteiger partial charge < -0.3 is 24.3 Å². The lowest BCUT2D eigenvalue weighted by atomic mass is 10.2. The monoisotopic (exact) mass is 458 g/mol. The number of anilines is 2. The van der Waals surface area contributed by atoms with Crippen LogP contribution >= 0.6 is 11.6 Å². The van der Waals surface area contributed by atoms with Crippen molar-refractivity contribution in [1.29, 1.82) is 0 Å². The molecule has 2 heterocycles. The van der Waals surface area contributed by atoms with Crippen LogP contribution in [-0.4, -0.2) is 54.6 Å². The van der Waals surface area contributed by atoms with Crippen LogP contribution in [0.5, 0.6) is 11.5 Å². The molecule has 0 bridgehead atoms. The molecule has 10 heteroatoms. The maximum absolute atomic E-state index is 12.6. The molecule has 9 nitrogen and oxygen atoms in total. The van der Waals surface area contributed by atoms with Gasteiger partial charge in [0.15, 0.2) is 17.9 Å². The van der Waals surface area contributed by atoms with Gasteiger partial charge in [0, 0.05) is 36.4 Å². The fourth-order valence-corrected chi connectivity index (χ4v) is 3.58. The lowest BCUT2D eigenvalue weighted by Gasteiger charge is -2.24. The van der Waals surface area contributed by atoms with Gasteiger partial charge in [-0.25, -0.2) is 4.98 Å². The second kappa shape index (κ2) is 9.47. The van der Waals surface area contributed by atoms with Crippen molar-refractivity contribution in [1.82, 2.24) is 9.88 Å². The number of benzene rings is 2. The number of aliphatic hydroxyl groups excluding tert-OH is 1. The lowest BCUT2D eigenvalue weighted by molar-refractivity contribution is 0.0317. The second-order valence-corrected chi connectivity index (χ2v) is 7.60. The highest BCUT2D eigenvalue weighted by Gasteiger charge is 2.33. The van der Waals surface area contributed by atoms with Crippen LogP contribution in [0.3, 0.4) is 0 Å². The highest BCUT2D eigenvalue weighted by molar-refractivity contribution is 6.30. The van der Waals surface area contributed by atoms with Gasteiger partial charge in [0.2, 0.25) is 5.76 Å². The van der Waals surface area contributed by atoms with E-state index in [1.807, 2.05) is 29.2 Å². The number of aliphatic hydroxyl groups is 1. The third kappa shape index (κ3) is 4.64. The van der Waals surface area contributed by atoms with E-state index in [0.29, 0.717) is 41.8 Å². The lowest BCUT2D eigenvalue weighted by Crippen LogP contribution is -2.38. The second-order valence-electron chi connectivity index (χ2n) is 7.17. The summed E-state index contributed by atoms with van der Waals surface area (Å²) in [6.07, 6.45) is 0.408. The van der Waals surface area contributed by atoms with Crippen molar-refractivity contribution in [2.45, 2.75) is 12.9 Å². The van der Waals surface area contributed by atoms with Crippen LogP contribution in [0.15, 0.2) is 53.1 Å². The standard InChI is InChI=1S/C22H23ClN4O5/c1-30-17-8-7-16(11-18(17)31-2)25-20(28)19-12-24-21(32-19)27-10-9-26(22(27)29)13-14-3-5-15(23)6-4-14/h3-8,11-12,22,29H,9-10,13H2,1-2H3,(H,25,28). The van der Waals surface area contributed by atoms with Crippen LogP contribution < -0.4 is 19.7 Å². The Morgan fingerprint density at radius 1 is 1.19 bits per heavy atom. The van der Waals surface area contributed by atoms with Crippen molar-refractivity contribution in [3.63, 3.8) is 0 Å². The molecule has 1 unspecified atom stereocenters. The van der Waals surface area contributed by atoms with E-state index in [9.17, 15) is 9.90 Å². The fourth-order valence-electron chi connectivity index (χ4n) is 3.45. The van der Waals surface area contributed by atoms with Gasteiger partial charge in [-0.15, -0.1) is 0 Å². The number of methoxy groups -OCH3 is 2. The Hall–Kier alpha value is -3.27. The first-order valence-corrected chi connectivity index (χ1v) is 10.3. The third-order valence-electron chi connectivity index (χ3n) is 5.14. The summed E-state index contributed by atoms with van der Waals surface area (Å²) < 4.78 is 16.1. The Kier molecular flexibility index (Phi) is 6.50. The van der Waals surface area contributed by atoms with Gasteiger partial charge >= 0.3 is 6.01 Å². The molecule has 1 saturated heterocycles. The Balaban J connectivity index is 1.41. The largest absolute Gasteiger partial charge is 0.493 e. The molecule has 168 valence electrons. The van der Waals surface area contributed by atoms with E-state index >= 15 is 0 Å². The first-order chi connectivity index (χ1) is 15.5. The third-order valence-corrected chi connectivity index (χ3v) is 5.39. The zero-order chi connectivity index (χ0) is 22.7. The molecule has 0 radical (unpaired) electrons. The quantitative estimate of drug-likeness (QED) is 0.556. The smallest absolute Gasteiger partial charge is 0.301 e. The summed E-state index contributed by atoms with van der Waals surface area (Å²) in [5.74, 6) is 0.601. The van der Waals surface area contributed by atoms with Gasteiger partial charge in [-0.1, -0.05) is 23.7 Å². The fraction of sp³-hybridized carbons (Fsp3) is 0.273. The van der Waals surface area contributed by atoms with Crippen molar-refractivity contribution in [2.24, 2.45) is 0 Å². The zero-order valence-electron chi connectivity index (χ0n) is 17.6. The number of carbonyl (C=O) groups is 1. The van der Waals surface area contributed by atoms with Gasteiger partial charge in [0.25, 0.3) is 5.91 Å².